The minimum Gasteiger partial charge on any atom is -0.399 e. The third-order valence-corrected chi connectivity index (χ3v) is 7.96. The Morgan fingerprint density at radius 3 is 1.80 bits per heavy atom. The third-order valence-electron chi connectivity index (χ3n) is 6.17. The van der Waals surface area contributed by atoms with Crippen LogP contribution in [-0.2, 0) is 9.31 Å². The highest BCUT2D eigenvalue weighted by molar-refractivity contribution is 6.92. The van der Waals surface area contributed by atoms with E-state index < -0.39 is 26.4 Å². The number of rotatable bonds is 4. The van der Waals surface area contributed by atoms with Crippen molar-refractivity contribution in [2.24, 2.45) is 0 Å². The van der Waals surface area contributed by atoms with Crippen LogP contribution in [0.15, 0.2) is 60.7 Å². The van der Waals surface area contributed by atoms with Gasteiger partial charge in [0, 0.05) is 10.8 Å². The van der Waals surface area contributed by atoms with E-state index in [9.17, 15) is 0 Å². The molecule has 0 saturated carbocycles. The van der Waals surface area contributed by atoms with Crippen molar-refractivity contribution in [3.63, 3.8) is 0 Å². The fourth-order valence-electron chi connectivity index (χ4n) is 3.80. The van der Waals surface area contributed by atoms with Gasteiger partial charge in [0.15, 0.2) is 0 Å². The molecule has 1 aromatic heterocycles. The lowest BCUT2D eigenvalue weighted by Gasteiger charge is -2.32. The van der Waals surface area contributed by atoms with Gasteiger partial charge < -0.3 is 9.31 Å². The van der Waals surface area contributed by atoms with E-state index in [4.69, 9.17) is 14.4 Å². The fraction of sp³-hybridized carbons (Fsp3) is 0.375. The second-order valence-electron chi connectivity index (χ2n) is 10.1. The Labute approximate surface area is 181 Å². The molecule has 1 saturated heterocycles. The molecule has 0 unspecified atom stereocenters. The summed E-state index contributed by atoms with van der Waals surface area (Å²) in [6, 6.07) is 20.8. The van der Waals surface area contributed by atoms with Crippen LogP contribution >= 0.6 is 0 Å². The summed E-state index contributed by atoms with van der Waals surface area (Å²) in [5.41, 5.74) is 3.47. The summed E-state index contributed by atoms with van der Waals surface area (Å²) >= 11 is 0. The van der Waals surface area contributed by atoms with E-state index in [1.807, 2.05) is 12.1 Å². The van der Waals surface area contributed by atoms with Crippen LogP contribution in [0.2, 0.25) is 19.6 Å². The van der Waals surface area contributed by atoms with E-state index in [-0.39, 0.29) is 0 Å². The fourth-order valence-corrected chi connectivity index (χ4v) is 5.24. The monoisotopic (exact) mass is 418 g/mol. The van der Waals surface area contributed by atoms with E-state index in [2.05, 4.69) is 101 Å². The highest BCUT2D eigenvalue weighted by Gasteiger charge is 2.54. The lowest BCUT2D eigenvalue weighted by Crippen LogP contribution is -2.54. The molecule has 3 aromatic rings. The summed E-state index contributed by atoms with van der Waals surface area (Å²) in [7, 11) is -2.26. The summed E-state index contributed by atoms with van der Waals surface area (Å²) in [6.07, 6.45) is 0. The standard InChI is InChI=1S/C24H31BN2O2Si/c1-23(2)24(3,4)29-25(28-23)20-21(18-14-10-8-11-15-18)27(19-16-12-9-13-17-19)26-22(20)30(5,6)7/h8-17H,1-7H3. The highest BCUT2D eigenvalue weighted by atomic mass is 28.3. The van der Waals surface area contributed by atoms with Gasteiger partial charge in [0.05, 0.1) is 22.6 Å². The molecule has 2 heterocycles. The molecule has 156 valence electrons. The first-order valence-corrected chi connectivity index (χ1v) is 14.1. The third kappa shape index (κ3) is 3.57. The molecule has 0 amide bonds. The molecule has 1 fully saturated rings. The lowest BCUT2D eigenvalue weighted by atomic mass is 9.77. The number of nitrogens with zero attached hydrogens (tertiary/aromatic N) is 2. The second-order valence-corrected chi connectivity index (χ2v) is 15.0. The van der Waals surface area contributed by atoms with Gasteiger partial charge >= 0.3 is 7.12 Å². The van der Waals surface area contributed by atoms with Crippen LogP contribution in [0.3, 0.4) is 0 Å². The second kappa shape index (κ2) is 7.22. The van der Waals surface area contributed by atoms with Crippen molar-refractivity contribution >= 4 is 26.0 Å². The summed E-state index contributed by atoms with van der Waals surface area (Å²) in [5, 5.41) is 6.31. The van der Waals surface area contributed by atoms with Gasteiger partial charge in [0.25, 0.3) is 0 Å². The Balaban J connectivity index is 2.02. The molecule has 0 radical (unpaired) electrons. The zero-order chi connectivity index (χ0) is 21.7. The van der Waals surface area contributed by atoms with Crippen LogP contribution in [-0.4, -0.2) is 36.2 Å². The highest BCUT2D eigenvalue weighted by Crippen LogP contribution is 2.37. The Kier molecular flexibility index (Phi) is 5.08. The number of hydrogen-bond acceptors (Lipinski definition) is 3. The van der Waals surface area contributed by atoms with E-state index in [0.29, 0.717) is 0 Å². The zero-order valence-electron chi connectivity index (χ0n) is 19.1. The molecule has 2 aromatic carbocycles. The Hall–Kier alpha value is -2.15. The van der Waals surface area contributed by atoms with Crippen molar-refractivity contribution in [3.05, 3.63) is 60.7 Å². The van der Waals surface area contributed by atoms with E-state index >= 15 is 0 Å². The molecule has 1 aliphatic rings. The molecule has 0 spiro atoms. The smallest absolute Gasteiger partial charge is 0.399 e. The molecule has 0 atom stereocenters. The molecular formula is C24H31BN2O2Si. The predicted octanol–water partition coefficient (Wildman–Crippen LogP) is 4.38. The number of para-hydroxylation sites is 1. The van der Waals surface area contributed by atoms with Crippen LogP contribution in [0.25, 0.3) is 16.9 Å². The van der Waals surface area contributed by atoms with Crippen LogP contribution in [0.4, 0.5) is 0 Å². The van der Waals surface area contributed by atoms with Gasteiger partial charge in [-0.05, 0) is 45.4 Å². The van der Waals surface area contributed by atoms with Crippen LogP contribution in [0, 0.1) is 0 Å². The molecule has 0 N–H and O–H groups in total. The average molecular weight is 418 g/mol. The number of benzene rings is 2. The van der Waals surface area contributed by atoms with Crippen molar-refractivity contribution in [2.45, 2.75) is 58.5 Å². The minimum absolute atomic E-state index is 0.406. The van der Waals surface area contributed by atoms with Crippen molar-refractivity contribution in [2.75, 3.05) is 0 Å². The molecule has 0 aliphatic carbocycles. The van der Waals surface area contributed by atoms with E-state index in [1.165, 1.54) is 0 Å². The average Bonchev–Trinajstić information content (AvgIpc) is 3.18. The maximum absolute atomic E-state index is 6.54. The van der Waals surface area contributed by atoms with Crippen molar-refractivity contribution in [1.29, 1.82) is 0 Å². The van der Waals surface area contributed by atoms with Gasteiger partial charge in [-0.3, -0.25) is 0 Å². The van der Waals surface area contributed by atoms with Gasteiger partial charge in [0.1, 0.15) is 8.07 Å². The molecule has 6 heteroatoms. The van der Waals surface area contributed by atoms with Crippen molar-refractivity contribution < 1.29 is 9.31 Å². The minimum atomic E-state index is -1.81. The molecular weight excluding hydrogens is 387 g/mol. The largest absolute Gasteiger partial charge is 0.498 e. The quantitative estimate of drug-likeness (QED) is 0.590. The summed E-state index contributed by atoms with van der Waals surface area (Å²) in [6.45, 7) is 15.4. The summed E-state index contributed by atoms with van der Waals surface area (Å²) < 4.78 is 15.2. The first-order valence-electron chi connectivity index (χ1n) is 10.6. The lowest BCUT2D eigenvalue weighted by molar-refractivity contribution is 0.00578. The van der Waals surface area contributed by atoms with Gasteiger partial charge in [0.2, 0.25) is 0 Å². The van der Waals surface area contributed by atoms with Gasteiger partial charge in [-0.15, -0.1) is 0 Å². The van der Waals surface area contributed by atoms with Crippen LogP contribution in [0.5, 0.6) is 0 Å². The van der Waals surface area contributed by atoms with E-state index in [0.717, 1.165) is 27.7 Å². The molecule has 30 heavy (non-hydrogen) atoms. The van der Waals surface area contributed by atoms with E-state index in [1.54, 1.807) is 0 Å². The Morgan fingerprint density at radius 2 is 1.30 bits per heavy atom. The van der Waals surface area contributed by atoms with Crippen LogP contribution in [0.1, 0.15) is 27.7 Å². The number of hydrogen-bond donors (Lipinski definition) is 0. The maximum Gasteiger partial charge on any atom is 0.498 e. The van der Waals surface area contributed by atoms with Crippen molar-refractivity contribution in [1.82, 2.24) is 9.78 Å². The first kappa shape index (κ1) is 21.1. The van der Waals surface area contributed by atoms with Gasteiger partial charge in [-0.2, -0.15) is 5.10 Å². The van der Waals surface area contributed by atoms with Gasteiger partial charge in [-0.1, -0.05) is 68.2 Å². The molecule has 0 bridgehead atoms. The topological polar surface area (TPSA) is 36.3 Å². The Bertz CT molecular complexity index is 1020. The number of aromatic nitrogens is 2. The molecule has 4 nitrogen and oxygen atoms in total. The SMILES string of the molecule is CC1(C)OB(c2c([Si](C)(C)C)nn(-c3ccccc3)c2-c2ccccc2)OC1(C)C. The zero-order valence-corrected chi connectivity index (χ0v) is 20.1. The first-order chi connectivity index (χ1) is 14.0. The summed E-state index contributed by atoms with van der Waals surface area (Å²) in [5.74, 6) is 0. The van der Waals surface area contributed by atoms with Crippen molar-refractivity contribution in [3.8, 4) is 16.9 Å². The molecule has 4 rings (SSSR count). The molecule has 1 aliphatic heterocycles. The Morgan fingerprint density at radius 1 is 0.800 bits per heavy atom. The summed E-state index contributed by atoms with van der Waals surface area (Å²) in [4.78, 5) is 0. The normalized spacial score (nSPS) is 18.0. The predicted molar refractivity (Wildman–Crippen MR) is 128 cm³/mol. The van der Waals surface area contributed by atoms with Crippen LogP contribution < -0.4 is 10.8 Å². The maximum atomic E-state index is 6.54. The van der Waals surface area contributed by atoms with Gasteiger partial charge in [-0.25, -0.2) is 4.68 Å².